The van der Waals surface area contributed by atoms with Gasteiger partial charge < -0.3 is 15.2 Å². The Balaban J connectivity index is 1.93. The molecule has 0 radical (unpaired) electrons. The van der Waals surface area contributed by atoms with Gasteiger partial charge in [-0.3, -0.25) is 9.78 Å². The monoisotopic (exact) mass is 288 g/mol. The Kier molecular flexibility index (Phi) is 5.11. The fourth-order valence-corrected chi connectivity index (χ4v) is 2.11. The van der Waals surface area contributed by atoms with E-state index in [0.717, 1.165) is 10.9 Å². The van der Waals surface area contributed by atoms with Crippen LogP contribution in [0.2, 0.25) is 0 Å². The summed E-state index contributed by atoms with van der Waals surface area (Å²) in [6, 6.07) is 9.08. The van der Waals surface area contributed by atoms with E-state index in [-0.39, 0.29) is 6.04 Å². The predicted octanol–water partition coefficient (Wildman–Crippen LogP) is 2.45. The largest absolute Gasteiger partial charge is 0.493 e. The molecule has 5 nitrogen and oxygen atoms in total. The first kappa shape index (κ1) is 15.3. The van der Waals surface area contributed by atoms with Crippen molar-refractivity contribution in [1.29, 1.82) is 0 Å². The van der Waals surface area contributed by atoms with Gasteiger partial charge in [-0.15, -0.1) is 0 Å². The van der Waals surface area contributed by atoms with Gasteiger partial charge >= 0.3 is 5.97 Å². The molecule has 1 aromatic carbocycles. The number of benzene rings is 1. The molecule has 1 unspecified atom stereocenters. The van der Waals surface area contributed by atoms with E-state index in [1.807, 2.05) is 44.2 Å². The van der Waals surface area contributed by atoms with Crippen molar-refractivity contribution >= 4 is 16.9 Å². The standard InChI is InChI=1S/C16H20N2O3/c1-11(2)18-14(16(19)20)7-9-21-13-6-5-12-4-3-8-17-15(12)10-13/h3-6,8,10-11,14,18H,7,9H2,1-2H3,(H,19,20). The van der Waals surface area contributed by atoms with Gasteiger partial charge in [0.1, 0.15) is 11.8 Å². The number of rotatable bonds is 7. The molecular formula is C16H20N2O3. The summed E-state index contributed by atoms with van der Waals surface area (Å²) >= 11 is 0. The number of hydrogen-bond acceptors (Lipinski definition) is 4. The molecule has 2 N–H and O–H groups in total. The topological polar surface area (TPSA) is 71.5 Å². The van der Waals surface area contributed by atoms with Crippen molar-refractivity contribution in [3.8, 4) is 5.75 Å². The Labute approximate surface area is 124 Å². The van der Waals surface area contributed by atoms with Crippen LogP contribution in [0.15, 0.2) is 36.5 Å². The number of carboxylic acid groups (broad SMARTS) is 1. The summed E-state index contributed by atoms with van der Waals surface area (Å²) in [7, 11) is 0. The van der Waals surface area contributed by atoms with Crippen molar-refractivity contribution in [3.05, 3.63) is 36.5 Å². The van der Waals surface area contributed by atoms with Crippen LogP contribution in [0.4, 0.5) is 0 Å². The second-order valence-electron chi connectivity index (χ2n) is 5.21. The van der Waals surface area contributed by atoms with Gasteiger partial charge in [-0.25, -0.2) is 0 Å². The maximum absolute atomic E-state index is 11.1. The fourth-order valence-electron chi connectivity index (χ4n) is 2.11. The number of fused-ring (bicyclic) bond motifs is 1. The summed E-state index contributed by atoms with van der Waals surface area (Å²) in [5.41, 5.74) is 0.866. The fraction of sp³-hybridized carbons (Fsp3) is 0.375. The molecule has 112 valence electrons. The average molecular weight is 288 g/mol. The summed E-state index contributed by atoms with van der Waals surface area (Å²) in [6.45, 7) is 4.19. The summed E-state index contributed by atoms with van der Waals surface area (Å²) in [4.78, 5) is 15.4. The van der Waals surface area contributed by atoms with Gasteiger partial charge in [-0.2, -0.15) is 0 Å². The van der Waals surface area contributed by atoms with Gasteiger partial charge in [0.15, 0.2) is 0 Å². The highest BCUT2D eigenvalue weighted by Crippen LogP contribution is 2.18. The first-order valence-corrected chi connectivity index (χ1v) is 7.02. The maximum atomic E-state index is 11.1. The summed E-state index contributed by atoms with van der Waals surface area (Å²) in [6.07, 6.45) is 2.15. The molecule has 0 saturated heterocycles. The van der Waals surface area contributed by atoms with Crippen LogP contribution in [-0.2, 0) is 4.79 Å². The minimum Gasteiger partial charge on any atom is -0.493 e. The summed E-state index contributed by atoms with van der Waals surface area (Å²) < 4.78 is 5.63. The van der Waals surface area contributed by atoms with Gasteiger partial charge in [-0.05, 0) is 18.2 Å². The molecular weight excluding hydrogens is 268 g/mol. The van der Waals surface area contributed by atoms with E-state index >= 15 is 0 Å². The Bertz CT molecular complexity index is 613. The minimum atomic E-state index is -0.854. The van der Waals surface area contributed by atoms with Crippen molar-refractivity contribution in [3.63, 3.8) is 0 Å². The average Bonchev–Trinajstić information content (AvgIpc) is 2.45. The highest BCUT2D eigenvalue weighted by atomic mass is 16.5. The van der Waals surface area contributed by atoms with E-state index in [2.05, 4.69) is 10.3 Å². The van der Waals surface area contributed by atoms with Crippen LogP contribution in [0.5, 0.6) is 5.75 Å². The molecule has 0 aliphatic heterocycles. The molecule has 1 aromatic heterocycles. The lowest BCUT2D eigenvalue weighted by atomic mass is 10.2. The highest BCUT2D eigenvalue weighted by molar-refractivity contribution is 5.79. The lowest BCUT2D eigenvalue weighted by Crippen LogP contribution is -2.41. The van der Waals surface area contributed by atoms with Crippen molar-refractivity contribution in [2.75, 3.05) is 6.61 Å². The number of nitrogens with zero attached hydrogens (tertiary/aromatic N) is 1. The van der Waals surface area contributed by atoms with Gasteiger partial charge in [0.2, 0.25) is 0 Å². The molecule has 2 rings (SSSR count). The van der Waals surface area contributed by atoms with Crippen LogP contribution in [0, 0.1) is 0 Å². The Hall–Kier alpha value is -2.14. The molecule has 0 amide bonds. The number of ether oxygens (including phenoxy) is 1. The molecule has 0 saturated carbocycles. The zero-order chi connectivity index (χ0) is 15.2. The van der Waals surface area contributed by atoms with Crippen LogP contribution >= 0.6 is 0 Å². The molecule has 1 atom stereocenters. The third-order valence-corrected chi connectivity index (χ3v) is 3.09. The SMILES string of the molecule is CC(C)NC(CCOc1ccc2cccnc2c1)C(=O)O. The van der Waals surface area contributed by atoms with E-state index < -0.39 is 12.0 Å². The molecule has 0 aliphatic rings. The van der Waals surface area contributed by atoms with Crippen LogP contribution < -0.4 is 10.1 Å². The van der Waals surface area contributed by atoms with E-state index in [1.54, 1.807) is 6.20 Å². The van der Waals surface area contributed by atoms with E-state index in [0.29, 0.717) is 18.8 Å². The van der Waals surface area contributed by atoms with Crippen molar-refractivity contribution < 1.29 is 14.6 Å². The lowest BCUT2D eigenvalue weighted by Gasteiger charge is -2.17. The van der Waals surface area contributed by atoms with Crippen LogP contribution in [-0.4, -0.2) is 34.8 Å². The van der Waals surface area contributed by atoms with Crippen molar-refractivity contribution in [1.82, 2.24) is 10.3 Å². The molecule has 0 bridgehead atoms. The van der Waals surface area contributed by atoms with E-state index in [4.69, 9.17) is 9.84 Å². The normalized spacial score (nSPS) is 12.5. The summed E-state index contributed by atoms with van der Waals surface area (Å²) in [5, 5.41) is 13.2. The Morgan fingerprint density at radius 1 is 1.38 bits per heavy atom. The van der Waals surface area contributed by atoms with Gasteiger partial charge in [0.25, 0.3) is 0 Å². The van der Waals surface area contributed by atoms with Crippen molar-refractivity contribution in [2.45, 2.75) is 32.4 Å². The van der Waals surface area contributed by atoms with Crippen molar-refractivity contribution in [2.24, 2.45) is 0 Å². The molecule has 0 fully saturated rings. The van der Waals surface area contributed by atoms with Gasteiger partial charge in [0, 0.05) is 30.1 Å². The zero-order valence-corrected chi connectivity index (χ0v) is 12.2. The molecule has 1 heterocycles. The second-order valence-corrected chi connectivity index (χ2v) is 5.21. The maximum Gasteiger partial charge on any atom is 0.320 e. The molecule has 21 heavy (non-hydrogen) atoms. The lowest BCUT2D eigenvalue weighted by molar-refractivity contribution is -0.140. The second kappa shape index (κ2) is 7.04. The molecule has 0 spiro atoms. The van der Waals surface area contributed by atoms with Gasteiger partial charge in [0.05, 0.1) is 12.1 Å². The molecule has 5 heteroatoms. The Morgan fingerprint density at radius 3 is 2.90 bits per heavy atom. The summed E-state index contributed by atoms with van der Waals surface area (Å²) in [5.74, 6) is -0.151. The van der Waals surface area contributed by atoms with Gasteiger partial charge in [-0.1, -0.05) is 19.9 Å². The third-order valence-electron chi connectivity index (χ3n) is 3.09. The predicted molar refractivity (Wildman–Crippen MR) is 81.6 cm³/mol. The van der Waals surface area contributed by atoms with Crippen LogP contribution in [0.1, 0.15) is 20.3 Å². The number of pyridine rings is 1. The zero-order valence-electron chi connectivity index (χ0n) is 12.2. The smallest absolute Gasteiger partial charge is 0.320 e. The highest BCUT2D eigenvalue weighted by Gasteiger charge is 2.17. The van der Waals surface area contributed by atoms with E-state index in [1.165, 1.54) is 0 Å². The number of aromatic nitrogens is 1. The first-order chi connectivity index (χ1) is 10.1. The number of carboxylic acids is 1. The number of nitrogens with one attached hydrogen (secondary N) is 1. The minimum absolute atomic E-state index is 0.121. The van der Waals surface area contributed by atoms with E-state index in [9.17, 15) is 4.79 Å². The first-order valence-electron chi connectivity index (χ1n) is 7.02. The number of carbonyl (C=O) groups is 1. The third kappa shape index (κ3) is 4.43. The quantitative estimate of drug-likeness (QED) is 0.819. The number of aliphatic carboxylic acids is 1. The molecule has 0 aliphatic carbocycles. The number of hydrogen-bond donors (Lipinski definition) is 2. The van der Waals surface area contributed by atoms with Crippen LogP contribution in [0.25, 0.3) is 10.9 Å². The Morgan fingerprint density at radius 2 is 2.19 bits per heavy atom. The van der Waals surface area contributed by atoms with Crippen LogP contribution in [0.3, 0.4) is 0 Å². The molecule has 2 aromatic rings.